The van der Waals surface area contributed by atoms with Gasteiger partial charge in [0.25, 0.3) is 0 Å². The van der Waals surface area contributed by atoms with E-state index in [1.807, 2.05) is 6.20 Å². The van der Waals surface area contributed by atoms with Gasteiger partial charge in [0.2, 0.25) is 5.89 Å². The summed E-state index contributed by atoms with van der Waals surface area (Å²) < 4.78 is 39.4. The number of carbonyl (C=O) groups excluding carboxylic acids is 4. The maximum absolute atomic E-state index is 12.3. The van der Waals surface area contributed by atoms with Crippen LogP contribution in [0.4, 0.5) is 0 Å². The molecular weight excluding hydrogens is 963 g/mol. The van der Waals surface area contributed by atoms with E-state index in [1.54, 1.807) is 112 Å². The molecule has 4 aromatic rings. The van der Waals surface area contributed by atoms with Gasteiger partial charge in [0, 0.05) is 10.0 Å². The van der Waals surface area contributed by atoms with Crippen LogP contribution in [0.5, 0.6) is 11.5 Å². The van der Waals surface area contributed by atoms with E-state index in [2.05, 4.69) is 46.7 Å². The fourth-order valence-corrected chi connectivity index (χ4v) is 21.1. The number of benzene rings is 2. The third kappa shape index (κ3) is 18.0. The van der Waals surface area contributed by atoms with Crippen LogP contribution in [0.3, 0.4) is 0 Å². The van der Waals surface area contributed by atoms with Crippen molar-refractivity contribution in [1.82, 2.24) is 9.97 Å². The number of aldehydes is 2. The molecule has 14 heteroatoms. The fourth-order valence-electron chi connectivity index (χ4n) is 6.07. The fraction of sp³-hybridized carbons (Fsp3) is 0.542. The number of rotatable bonds is 19. The number of ether oxygens (including phenoxy) is 4. The third-order valence-corrected chi connectivity index (χ3v) is 24.4. The summed E-state index contributed by atoms with van der Waals surface area (Å²) in [5.74, 6) is -0.00985. The van der Waals surface area contributed by atoms with Crippen LogP contribution in [-0.4, -0.2) is 75.3 Å². The molecule has 0 aliphatic carbocycles. The van der Waals surface area contributed by atoms with E-state index in [1.165, 1.54) is 68.2 Å². The molecule has 0 aliphatic heterocycles. The van der Waals surface area contributed by atoms with Crippen LogP contribution < -0.4 is 13.4 Å². The Hall–Kier alpha value is -3.98. The second-order valence-corrected chi connectivity index (χ2v) is 31.9. The van der Waals surface area contributed by atoms with Crippen molar-refractivity contribution in [3.63, 3.8) is 0 Å². The van der Waals surface area contributed by atoms with Crippen molar-refractivity contribution in [2.45, 2.75) is 164 Å². The van der Waals surface area contributed by atoms with Crippen LogP contribution in [0.15, 0.2) is 74.6 Å². The van der Waals surface area contributed by atoms with Crippen LogP contribution in [0.1, 0.15) is 149 Å². The van der Waals surface area contributed by atoms with E-state index in [-0.39, 0.29) is 5.75 Å². The Kier molecular flexibility index (Phi) is 21.6. The molecule has 0 fully saturated rings. The second kappa shape index (κ2) is 24.8. The van der Waals surface area contributed by atoms with Crippen molar-refractivity contribution in [1.29, 1.82) is 0 Å². The molecule has 0 radical (unpaired) electrons. The van der Waals surface area contributed by atoms with Gasteiger partial charge in [-0.1, -0.05) is 15.9 Å². The van der Waals surface area contributed by atoms with Crippen molar-refractivity contribution in [2.24, 2.45) is 0 Å². The molecule has 0 saturated heterocycles. The van der Waals surface area contributed by atoms with Gasteiger partial charge in [-0.25, -0.2) is 14.6 Å². The van der Waals surface area contributed by atoms with Crippen molar-refractivity contribution in [3.8, 4) is 23.0 Å². The normalized spacial score (nSPS) is 11.9. The zero-order chi connectivity index (χ0) is 46.8. The van der Waals surface area contributed by atoms with E-state index in [0.29, 0.717) is 40.9 Å². The molecule has 0 aliphatic rings. The van der Waals surface area contributed by atoms with Gasteiger partial charge in [-0.05, 0) is 106 Å². The number of hydrogen-bond donors (Lipinski definition) is 0. The number of halogens is 1. The first-order valence-electron chi connectivity index (χ1n) is 21.4. The first-order chi connectivity index (χ1) is 29.0. The monoisotopic (exact) mass is 1030 g/mol. The minimum absolute atomic E-state index is 0.261. The molecule has 0 bridgehead atoms. The van der Waals surface area contributed by atoms with Gasteiger partial charge in [0.1, 0.15) is 29.0 Å². The number of carbonyl (C=O) groups is 4. The Labute approximate surface area is 381 Å². The van der Waals surface area contributed by atoms with E-state index >= 15 is 0 Å². The van der Waals surface area contributed by atoms with Crippen LogP contribution in [0, 0.1) is 0 Å². The van der Waals surface area contributed by atoms with Gasteiger partial charge in [0.05, 0.1) is 17.3 Å². The maximum atomic E-state index is 12.3. The molecular formula is C48H69BrN2O10Sn. The predicted octanol–water partition coefficient (Wildman–Crippen LogP) is 12.1. The molecule has 12 nitrogen and oxygen atoms in total. The third-order valence-electron chi connectivity index (χ3n) is 9.35. The number of nitrogens with zero attached hydrogens (tertiary/aromatic N) is 2. The van der Waals surface area contributed by atoms with Gasteiger partial charge < -0.3 is 23.4 Å². The summed E-state index contributed by atoms with van der Waals surface area (Å²) in [5.41, 5.74) is -2.34. The average Bonchev–Trinajstić information content (AvgIpc) is 3.94. The second-order valence-electron chi connectivity index (χ2n) is 18.2. The Bertz CT molecular complexity index is 1960. The average molecular weight is 1030 g/mol. The molecule has 0 unspecified atom stereocenters. The molecule has 2 heterocycles. The molecule has 2 aromatic heterocycles. The van der Waals surface area contributed by atoms with Crippen LogP contribution >= 0.6 is 15.9 Å². The molecule has 0 atom stereocenters. The summed E-state index contributed by atoms with van der Waals surface area (Å²) in [7, 11) is 0. The van der Waals surface area contributed by atoms with E-state index in [9.17, 15) is 19.2 Å². The number of esters is 2. The Balaban J connectivity index is 0.000000324. The van der Waals surface area contributed by atoms with E-state index in [0.717, 1.165) is 4.47 Å². The molecule has 0 N–H and O–H groups in total. The number of hydrogen-bond acceptors (Lipinski definition) is 12. The zero-order valence-corrected chi connectivity index (χ0v) is 43.6. The first kappa shape index (κ1) is 54.2. The van der Waals surface area contributed by atoms with Crippen LogP contribution in [-0.2, 0) is 19.1 Å². The minimum atomic E-state index is -2.31. The quantitative estimate of drug-likeness (QED) is 0.0498. The zero-order valence-electron chi connectivity index (χ0n) is 39.1. The van der Waals surface area contributed by atoms with Crippen LogP contribution in [0.2, 0.25) is 13.3 Å². The van der Waals surface area contributed by atoms with Crippen molar-refractivity contribution < 1.29 is 47.0 Å². The number of oxazole rings is 2. The van der Waals surface area contributed by atoms with Crippen molar-refractivity contribution in [2.75, 3.05) is 0 Å². The van der Waals surface area contributed by atoms with Crippen LogP contribution in [0.25, 0.3) is 11.5 Å². The molecule has 2 aromatic carbocycles. The SMILES string of the molecule is CC(C)(C)OC(=O)C(C)(C)Oc1cc(-c2ncco2)ccc1C=O.CC(C)(C)OC(=O)C(C)(C)Oc1cc(Br)ccc1C=O.CCC[CH2][Sn]([CH2]CCC)([CH2]CCC)[c]1ncco1. The van der Waals surface area contributed by atoms with E-state index < -0.39 is 52.7 Å². The van der Waals surface area contributed by atoms with Crippen molar-refractivity contribution in [3.05, 3.63) is 76.9 Å². The number of aromatic nitrogens is 2. The molecule has 0 saturated carbocycles. The Morgan fingerprint density at radius 3 is 1.47 bits per heavy atom. The van der Waals surface area contributed by atoms with Gasteiger partial charge in [-0.15, -0.1) is 0 Å². The summed E-state index contributed by atoms with van der Waals surface area (Å²) >= 11 is 0.997. The summed E-state index contributed by atoms with van der Waals surface area (Å²) in [5, 5.41) is 0. The summed E-state index contributed by atoms with van der Waals surface area (Å²) in [6.45, 7) is 24.0. The summed E-state index contributed by atoms with van der Waals surface area (Å²) in [6.07, 6.45) is 16.0. The molecule has 4 rings (SSSR count). The summed E-state index contributed by atoms with van der Waals surface area (Å²) in [6, 6.07) is 9.90. The predicted molar refractivity (Wildman–Crippen MR) is 249 cm³/mol. The van der Waals surface area contributed by atoms with Crippen molar-refractivity contribution >= 4 is 62.7 Å². The Morgan fingerprint density at radius 1 is 0.645 bits per heavy atom. The van der Waals surface area contributed by atoms with Gasteiger partial charge in [-0.2, -0.15) is 0 Å². The molecule has 0 amide bonds. The first-order valence-corrected chi connectivity index (χ1v) is 29.7. The van der Waals surface area contributed by atoms with Gasteiger partial charge >= 0.3 is 129 Å². The topological polar surface area (TPSA) is 157 Å². The number of unbranched alkanes of at least 4 members (excludes halogenated alkanes) is 3. The standard InChI is InChI=1S/C18H21NO5.C15H19BrO4.3C4H9.C3H2NO.Sn/c1-17(2,3)24-16(21)18(4,5)23-14-10-12(6-7-13(14)11-20)15-19-8-9-22-15;1-14(2,3)20-13(18)15(4,5)19-12-8-11(16)7-6-10(12)9-17;3*1-3-4-2;1-2-5-3-4-1;/h6-11H,1-5H3;6-9H,1-5H3;3*1,3-4H2,2H3;1-2H;. The molecule has 62 heavy (non-hydrogen) atoms. The summed E-state index contributed by atoms with van der Waals surface area (Å²) in [4.78, 5) is 55.4. The van der Waals surface area contributed by atoms with E-state index in [4.69, 9.17) is 27.8 Å². The molecule has 342 valence electrons. The molecule has 0 spiro atoms. The Morgan fingerprint density at radius 2 is 1.08 bits per heavy atom. The van der Waals surface area contributed by atoms with Gasteiger partial charge in [-0.3, -0.25) is 9.59 Å². The van der Waals surface area contributed by atoms with Gasteiger partial charge in [0.15, 0.2) is 23.8 Å².